The van der Waals surface area contributed by atoms with Crippen LogP contribution in [0.2, 0.25) is 0 Å². The first-order chi connectivity index (χ1) is 16.0. The van der Waals surface area contributed by atoms with E-state index in [1.807, 2.05) is 36.4 Å². The second-order valence-electron chi connectivity index (χ2n) is 7.46. The number of fused-ring (bicyclic) bond motifs is 1. The summed E-state index contributed by atoms with van der Waals surface area (Å²) in [5.74, 6) is -0.0527. The maximum atomic E-state index is 12.4. The topological polar surface area (TPSA) is 84.9 Å². The van der Waals surface area contributed by atoms with Gasteiger partial charge in [0, 0.05) is 26.6 Å². The van der Waals surface area contributed by atoms with Crippen LogP contribution in [-0.2, 0) is 21.4 Å². The molecule has 0 aromatic heterocycles. The SMILES string of the molecule is COc1ccc2cc(CN(C)C(=O)CCNS(=O)(=O)c3ccc(OC(F)(F)F)cc3)ccc2c1. The van der Waals surface area contributed by atoms with E-state index in [-0.39, 0.29) is 23.8 Å². The van der Waals surface area contributed by atoms with Crippen LogP contribution < -0.4 is 14.2 Å². The molecule has 0 radical (unpaired) electrons. The molecule has 0 bridgehead atoms. The fraction of sp³-hybridized carbons (Fsp3) is 0.261. The summed E-state index contributed by atoms with van der Waals surface area (Å²) in [7, 11) is -0.783. The van der Waals surface area contributed by atoms with Crippen molar-refractivity contribution < 1.29 is 35.9 Å². The van der Waals surface area contributed by atoms with Gasteiger partial charge in [-0.1, -0.05) is 18.2 Å². The first kappa shape index (κ1) is 25.3. The number of nitrogens with zero attached hydrogens (tertiary/aromatic N) is 1. The number of rotatable bonds is 9. The quantitative estimate of drug-likeness (QED) is 0.483. The van der Waals surface area contributed by atoms with Crippen molar-refractivity contribution in [3.05, 3.63) is 66.2 Å². The Morgan fingerprint density at radius 3 is 2.24 bits per heavy atom. The third-order valence-corrected chi connectivity index (χ3v) is 6.43. The fourth-order valence-corrected chi connectivity index (χ4v) is 4.28. The lowest BCUT2D eigenvalue weighted by Crippen LogP contribution is -2.32. The van der Waals surface area contributed by atoms with Crippen LogP contribution in [0.1, 0.15) is 12.0 Å². The molecule has 11 heteroatoms. The largest absolute Gasteiger partial charge is 0.573 e. The summed E-state index contributed by atoms with van der Waals surface area (Å²) in [6, 6.07) is 15.3. The Balaban J connectivity index is 1.53. The second-order valence-corrected chi connectivity index (χ2v) is 9.23. The number of hydrogen-bond donors (Lipinski definition) is 1. The van der Waals surface area contributed by atoms with E-state index < -0.39 is 22.1 Å². The number of carbonyl (C=O) groups excluding carboxylic acids is 1. The summed E-state index contributed by atoms with van der Waals surface area (Å²) in [5, 5.41) is 2.00. The zero-order valence-corrected chi connectivity index (χ0v) is 19.2. The van der Waals surface area contributed by atoms with Gasteiger partial charge in [-0.3, -0.25) is 4.79 Å². The number of benzene rings is 3. The van der Waals surface area contributed by atoms with Crippen molar-refractivity contribution in [3.8, 4) is 11.5 Å². The summed E-state index contributed by atoms with van der Waals surface area (Å²) in [6.45, 7) is 0.179. The number of carbonyl (C=O) groups is 1. The Morgan fingerprint density at radius 2 is 1.59 bits per heavy atom. The lowest BCUT2D eigenvalue weighted by Gasteiger charge is -2.18. The maximum Gasteiger partial charge on any atom is 0.573 e. The highest BCUT2D eigenvalue weighted by molar-refractivity contribution is 7.89. The van der Waals surface area contributed by atoms with Gasteiger partial charge in [-0.15, -0.1) is 13.2 Å². The number of amides is 1. The van der Waals surface area contributed by atoms with E-state index in [9.17, 15) is 26.4 Å². The number of halogens is 3. The monoisotopic (exact) mass is 496 g/mol. The Kier molecular flexibility index (Phi) is 7.68. The van der Waals surface area contributed by atoms with Gasteiger partial charge in [0.2, 0.25) is 15.9 Å². The Morgan fingerprint density at radius 1 is 0.971 bits per heavy atom. The summed E-state index contributed by atoms with van der Waals surface area (Å²) in [4.78, 5) is 13.7. The first-order valence-electron chi connectivity index (χ1n) is 10.1. The summed E-state index contributed by atoms with van der Waals surface area (Å²) in [6.07, 6.45) is -4.96. The van der Waals surface area contributed by atoms with Gasteiger partial charge in [0.1, 0.15) is 11.5 Å². The van der Waals surface area contributed by atoms with Gasteiger partial charge in [-0.2, -0.15) is 0 Å². The van der Waals surface area contributed by atoms with Crippen LogP contribution in [-0.4, -0.2) is 46.3 Å². The van der Waals surface area contributed by atoms with Gasteiger partial charge in [-0.25, -0.2) is 13.1 Å². The zero-order chi connectivity index (χ0) is 24.9. The van der Waals surface area contributed by atoms with Gasteiger partial charge < -0.3 is 14.4 Å². The molecule has 0 aliphatic rings. The molecule has 0 saturated heterocycles. The van der Waals surface area contributed by atoms with Crippen LogP contribution >= 0.6 is 0 Å². The number of alkyl halides is 3. The van der Waals surface area contributed by atoms with Crippen molar-refractivity contribution in [1.82, 2.24) is 9.62 Å². The predicted molar refractivity (Wildman–Crippen MR) is 120 cm³/mol. The van der Waals surface area contributed by atoms with Crippen LogP contribution in [0.4, 0.5) is 13.2 Å². The Labute approximate surface area is 195 Å². The molecular formula is C23H23F3N2O5S. The zero-order valence-electron chi connectivity index (χ0n) is 18.4. The molecule has 0 unspecified atom stereocenters. The van der Waals surface area contributed by atoms with Crippen molar-refractivity contribution >= 4 is 26.7 Å². The number of nitrogens with one attached hydrogen (secondary N) is 1. The van der Waals surface area contributed by atoms with E-state index in [0.29, 0.717) is 6.54 Å². The molecule has 34 heavy (non-hydrogen) atoms. The van der Waals surface area contributed by atoms with Crippen LogP contribution in [0.15, 0.2) is 65.6 Å². The molecule has 0 aliphatic heterocycles. The molecule has 0 atom stereocenters. The van der Waals surface area contributed by atoms with Crippen LogP contribution in [0.25, 0.3) is 10.8 Å². The van der Waals surface area contributed by atoms with Crippen molar-refractivity contribution in [1.29, 1.82) is 0 Å². The van der Waals surface area contributed by atoms with E-state index in [2.05, 4.69) is 9.46 Å². The minimum Gasteiger partial charge on any atom is -0.497 e. The molecule has 3 aromatic carbocycles. The molecule has 3 aromatic rings. The van der Waals surface area contributed by atoms with E-state index in [1.165, 1.54) is 4.90 Å². The summed E-state index contributed by atoms with van der Waals surface area (Å²) in [5.41, 5.74) is 0.912. The molecule has 0 spiro atoms. The van der Waals surface area contributed by atoms with E-state index in [0.717, 1.165) is 46.4 Å². The van der Waals surface area contributed by atoms with Crippen molar-refractivity contribution in [2.24, 2.45) is 0 Å². The first-order valence-corrected chi connectivity index (χ1v) is 11.6. The van der Waals surface area contributed by atoms with Gasteiger partial charge >= 0.3 is 6.36 Å². The molecule has 7 nitrogen and oxygen atoms in total. The molecule has 1 N–H and O–H groups in total. The van der Waals surface area contributed by atoms with Crippen LogP contribution in [0, 0.1) is 0 Å². The van der Waals surface area contributed by atoms with Crippen LogP contribution in [0.5, 0.6) is 11.5 Å². The minimum atomic E-state index is -4.87. The molecule has 182 valence electrons. The van der Waals surface area contributed by atoms with Crippen molar-refractivity contribution in [3.63, 3.8) is 0 Å². The standard InChI is InChI=1S/C23H23F3N2O5S/c1-28(15-16-3-4-18-14-20(32-2)6-5-17(18)13-16)22(29)11-12-27-34(30,31)21-9-7-19(8-10-21)33-23(24,25)26/h3-10,13-14,27H,11-12,15H2,1-2H3. The van der Waals surface area contributed by atoms with Gasteiger partial charge in [0.05, 0.1) is 12.0 Å². The summed E-state index contributed by atoms with van der Waals surface area (Å²) < 4.78 is 72.6. The maximum absolute atomic E-state index is 12.4. The summed E-state index contributed by atoms with van der Waals surface area (Å²) >= 11 is 0. The molecule has 0 heterocycles. The third-order valence-electron chi connectivity index (χ3n) is 4.96. The van der Waals surface area contributed by atoms with E-state index >= 15 is 0 Å². The minimum absolute atomic E-state index is 0.0875. The third kappa shape index (κ3) is 6.84. The highest BCUT2D eigenvalue weighted by Crippen LogP contribution is 2.24. The number of ether oxygens (including phenoxy) is 2. The fourth-order valence-electron chi connectivity index (χ4n) is 3.25. The molecule has 0 fully saturated rings. The van der Waals surface area contributed by atoms with E-state index in [4.69, 9.17) is 4.74 Å². The second kappa shape index (κ2) is 10.3. The van der Waals surface area contributed by atoms with Gasteiger partial charge in [0.25, 0.3) is 0 Å². The highest BCUT2D eigenvalue weighted by Gasteiger charge is 2.31. The molecular weight excluding hydrogens is 473 g/mol. The molecule has 1 amide bonds. The lowest BCUT2D eigenvalue weighted by atomic mass is 10.1. The van der Waals surface area contributed by atoms with Crippen molar-refractivity contribution in [2.45, 2.75) is 24.2 Å². The average molecular weight is 497 g/mol. The van der Waals surface area contributed by atoms with Gasteiger partial charge in [-0.05, 0) is 58.8 Å². The average Bonchev–Trinajstić information content (AvgIpc) is 2.77. The number of hydrogen-bond acceptors (Lipinski definition) is 5. The predicted octanol–water partition coefficient (Wildman–Crippen LogP) is 4.07. The Bertz CT molecular complexity index is 1260. The van der Waals surface area contributed by atoms with Gasteiger partial charge in [0.15, 0.2) is 0 Å². The van der Waals surface area contributed by atoms with Crippen molar-refractivity contribution in [2.75, 3.05) is 20.7 Å². The normalized spacial score (nSPS) is 11.9. The molecule has 0 saturated carbocycles. The lowest BCUT2D eigenvalue weighted by molar-refractivity contribution is -0.274. The van der Waals surface area contributed by atoms with Crippen LogP contribution in [0.3, 0.4) is 0 Å². The number of methoxy groups -OCH3 is 1. The molecule has 3 rings (SSSR count). The molecule has 0 aliphatic carbocycles. The van der Waals surface area contributed by atoms with E-state index in [1.54, 1.807) is 14.2 Å². The number of sulfonamides is 1. The Hall–Kier alpha value is -3.31. The smallest absolute Gasteiger partial charge is 0.497 e. The highest BCUT2D eigenvalue weighted by atomic mass is 32.2.